The van der Waals surface area contributed by atoms with Gasteiger partial charge in [-0.3, -0.25) is 9.59 Å². The summed E-state index contributed by atoms with van der Waals surface area (Å²) in [6.07, 6.45) is 1.31. The lowest BCUT2D eigenvalue weighted by molar-refractivity contribution is -0.187. The number of carbonyl (C=O) groups excluding carboxylic acids is 2. The van der Waals surface area contributed by atoms with Crippen LogP contribution in [-0.4, -0.2) is 50.1 Å². The van der Waals surface area contributed by atoms with Crippen molar-refractivity contribution in [2.75, 3.05) is 26.4 Å². The lowest BCUT2D eigenvalue weighted by Gasteiger charge is -2.32. The second-order valence-corrected chi connectivity index (χ2v) is 6.74. The summed E-state index contributed by atoms with van der Waals surface area (Å²) >= 11 is 0. The minimum Gasteiger partial charge on any atom is -0.465 e. The van der Waals surface area contributed by atoms with Gasteiger partial charge in [0.1, 0.15) is 11.0 Å². The molecule has 2 unspecified atom stereocenters. The molecule has 0 bridgehead atoms. The number of hydrogen-bond acceptors (Lipinski definition) is 6. The van der Waals surface area contributed by atoms with E-state index >= 15 is 0 Å². The van der Waals surface area contributed by atoms with Gasteiger partial charge < -0.3 is 18.9 Å². The first-order valence-electron chi connectivity index (χ1n) is 8.64. The van der Waals surface area contributed by atoms with Crippen molar-refractivity contribution < 1.29 is 28.5 Å². The van der Waals surface area contributed by atoms with Crippen LogP contribution in [0.4, 0.5) is 0 Å². The second kappa shape index (κ2) is 10.8. The molecule has 0 amide bonds. The highest BCUT2D eigenvalue weighted by molar-refractivity contribution is 5.84. The summed E-state index contributed by atoms with van der Waals surface area (Å²) in [5.41, 5.74) is -1.97. The van der Waals surface area contributed by atoms with E-state index in [1.54, 1.807) is 27.7 Å². The van der Waals surface area contributed by atoms with Crippen LogP contribution < -0.4 is 0 Å². The molecule has 0 aliphatic heterocycles. The highest BCUT2D eigenvalue weighted by atomic mass is 16.7. The Hall–Kier alpha value is -0.980. The minimum absolute atomic E-state index is 0.0311. The first-order chi connectivity index (χ1) is 11.1. The van der Waals surface area contributed by atoms with Crippen LogP contribution in [0, 0.1) is 5.41 Å². The molecule has 6 nitrogen and oxygen atoms in total. The molecule has 0 aromatic heterocycles. The molecule has 6 heteroatoms. The highest BCUT2D eigenvalue weighted by Gasteiger charge is 2.39. The zero-order valence-corrected chi connectivity index (χ0v) is 16.3. The molecule has 0 fully saturated rings. The second-order valence-electron chi connectivity index (χ2n) is 6.74. The monoisotopic (exact) mass is 346 g/mol. The van der Waals surface area contributed by atoms with E-state index in [-0.39, 0.29) is 25.0 Å². The molecule has 0 aromatic carbocycles. The summed E-state index contributed by atoms with van der Waals surface area (Å²) in [7, 11) is 0. The summed E-state index contributed by atoms with van der Waals surface area (Å²) in [5, 5.41) is 0. The van der Waals surface area contributed by atoms with E-state index < -0.39 is 17.3 Å². The number of carbonyl (C=O) groups is 2. The quantitative estimate of drug-likeness (QED) is 0.290. The van der Waals surface area contributed by atoms with Gasteiger partial charge in [-0.1, -0.05) is 13.3 Å². The van der Waals surface area contributed by atoms with Crippen molar-refractivity contribution >= 4 is 11.8 Å². The average molecular weight is 346 g/mol. The Morgan fingerprint density at radius 1 is 1.04 bits per heavy atom. The van der Waals surface area contributed by atoms with Gasteiger partial charge in [0.25, 0.3) is 0 Å². The zero-order valence-electron chi connectivity index (χ0n) is 16.3. The molecule has 0 radical (unpaired) electrons. The molecule has 0 rings (SSSR count). The van der Waals surface area contributed by atoms with Gasteiger partial charge in [0, 0.05) is 6.61 Å². The van der Waals surface area contributed by atoms with Gasteiger partial charge in [0.05, 0.1) is 19.8 Å². The van der Waals surface area contributed by atoms with Crippen molar-refractivity contribution in [2.45, 2.75) is 73.2 Å². The molecular weight excluding hydrogens is 312 g/mol. The van der Waals surface area contributed by atoms with Crippen LogP contribution in [0.15, 0.2) is 0 Å². The first-order valence-corrected chi connectivity index (χ1v) is 8.64. The van der Waals surface area contributed by atoms with Gasteiger partial charge >= 0.3 is 5.97 Å². The normalized spacial score (nSPS) is 15.6. The molecule has 24 heavy (non-hydrogen) atoms. The Morgan fingerprint density at radius 3 is 2.17 bits per heavy atom. The lowest BCUT2D eigenvalue weighted by Crippen LogP contribution is -2.44. The van der Waals surface area contributed by atoms with Crippen molar-refractivity contribution in [1.29, 1.82) is 0 Å². The molecule has 0 aliphatic rings. The fourth-order valence-electron chi connectivity index (χ4n) is 1.67. The maximum absolute atomic E-state index is 12.5. The first kappa shape index (κ1) is 23.0. The Labute approximate surface area is 146 Å². The molecular formula is C18H34O6. The number of hydrogen-bond donors (Lipinski definition) is 0. The summed E-state index contributed by atoms with van der Waals surface area (Å²) < 4.78 is 22.0. The Kier molecular flexibility index (Phi) is 10.4. The van der Waals surface area contributed by atoms with Crippen LogP contribution in [0.3, 0.4) is 0 Å². The average Bonchev–Trinajstić information content (AvgIpc) is 2.51. The number of unbranched alkanes of at least 4 members (excludes halogenated alkanes) is 1. The third-order valence-electron chi connectivity index (χ3n) is 3.86. The summed E-state index contributed by atoms with van der Waals surface area (Å²) in [6.45, 7) is 13.2. The van der Waals surface area contributed by atoms with E-state index in [2.05, 4.69) is 0 Å². The molecule has 0 N–H and O–H groups in total. The van der Waals surface area contributed by atoms with Gasteiger partial charge in [0.15, 0.2) is 12.1 Å². The van der Waals surface area contributed by atoms with Crippen molar-refractivity contribution in [3.05, 3.63) is 0 Å². The van der Waals surface area contributed by atoms with E-state index in [4.69, 9.17) is 18.9 Å². The Balaban J connectivity index is 4.91. The van der Waals surface area contributed by atoms with Gasteiger partial charge in [0.2, 0.25) is 0 Å². The van der Waals surface area contributed by atoms with E-state index in [1.165, 1.54) is 6.92 Å². The van der Waals surface area contributed by atoms with Gasteiger partial charge in [-0.05, 0) is 48.0 Å². The van der Waals surface area contributed by atoms with Gasteiger partial charge in [-0.15, -0.1) is 0 Å². The SMILES string of the molecule is CCCCOC(=O)C(C)(COC(C)OCC)COC(C)(C)C(C)=O. The van der Waals surface area contributed by atoms with E-state index in [1.807, 2.05) is 13.8 Å². The standard InChI is InChI=1S/C18H34O6/c1-8-10-11-22-16(20)18(7,12-23-15(4)21-9-2)13-24-17(5,6)14(3)19/h15H,8-13H2,1-7H3. The van der Waals surface area contributed by atoms with Crippen molar-refractivity contribution in [1.82, 2.24) is 0 Å². The van der Waals surface area contributed by atoms with E-state index in [9.17, 15) is 9.59 Å². The van der Waals surface area contributed by atoms with E-state index in [0.717, 1.165) is 12.8 Å². The van der Waals surface area contributed by atoms with Crippen LogP contribution in [0.2, 0.25) is 0 Å². The summed E-state index contributed by atoms with van der Waals surface area (Å²) in [6, 6.07) is 0. The Bertz CT molecular complexity index is 393. The van der Waals surface area contributed by atoms with Crippen LogP contribution in [0.1, 0.15) is 61.3 Å². The third-order valence-corrected chi connectivity index (χ3v) is 3.86. The minimum atomic E-state index is -1.01. The molecule has 0 aliphatic carbocycles. The van der Waals surface area contributed by atoms with Crippen LogP contribution in [-0.2, 0) is 28.5 Å². The Morgan fingerprint density at radius 2 is 1.67 bits per heavy atom. The lowest BCUT2D eigenvalue weighted by atomic mass is 9.92. The van der Waals surface area contributed by atoms with Crippen molar-refractivity contribution in [3.8, 4) is 0 Å². The predicted octanol–water partition coefficient (Wildman–Crippen LogP) is 3.12. The molecule has 0 saturated carbocycles. The highest BCUT2D eigenvalue weighted by Crippen LogP contribution is 2.24. The topological polar surface area (TPSA) is 71.1 Å². The number of rotatable bonds is 13. The number of ether oxygens (including phenoxy) is 4. The fourth-order valence-corrected chi connectivity index (χ4v) is 1.67. The summed E-state index contributed by atoms with van der Waals surface area (Å²) in [4.78, 5) is 24.1. The number of Topliss-reactive ketones (excluding diaryl/α,β-unsaturated/α-hetero) is 1. The fraction of sp³-hybridized carbons (Fsp3) is 0.889. The van der Waals surface area contributed by atoms with Gasteiger partial charge in [-0.2, -0.15) is 0 Å². The zero-order chi connectivity index (χ0) is 18.8. The van der Waals surface area contributed by atoms with Crippen molar-refractivity contribution in [2.24, 2.45) is 5.41 Å². The van der Waals surface area contributed by atoms with Crippen LogP contribution in [0.5, 0.6) is 0 Å². The maximum atomic E-state index is 12.5. The molecule has 0 aromatic rings. The maximum Gasteiger partial charge on any atom is 0.316 e. The van der Waals surface area contributed by atoms with Crippen LogP contribution >= 0.6 is 0 Å². The predicted molar refractivity (Wildman–Crippen MR) is 91.7 cm³/mol. The molecule has 2 atom stereocenters. The molecule has 0 saturated heterocycles. The summed E-state index contributed by atoms with van der Waals surface area (Å²) in [5.74, 6) is -0.494. The van der Waals surface area contributed by atoms with Crippen molar-refractivity contribution in [3.63, 3.8) is 0 Å². The molecule has 142 valence electrons. The number of esters is 1. The third kappa shape index (κ3) is 8.22. The number of ketones is 1. The largest absolute Gasteiger partial charge is 0.465 e. The van der Waals surface area contributed by atoms with Crippen LogP contribution in [0.25, 0.3) is 0 Å². The smallest absolute Gasteiger partial charge is 0.316 e. The van der Waals surface area contributed by atoms with Gasteiger partial charge in [-0.25, -0.2) is 0 Å². The molecule has 0 heterocycles. The molecule has 0 spiro atoms. The van der Waals surface area contributed by atoms with E-state index in [0.29, 0.717) is 13.2 Å².